The minimum Gasteiger partial charge on any atom is -0.493 e. The predicted molar refractivity (Wildman–Crippen MR) is 92.4 cm³/mol. The van der Waals surface area contributed by atoms with E-state index in [1.54, 1.807) is 21.9 Å². The zero-order chi connectivity index (χ0) is 19.1. The number of hydrogen-bond acceptors (Lipinski definition) is 5. The van der Waals surface area contributed by atoms with Gasteiger partial charge in [-0.3, -0.25) is 4.90 Å². The zero-order valence-electron chi connectivity index (χ0n) is 15.3. The molecule has 9 heteroatoms. The molecule has 7 nitrogen and oxygen atoms in total. The van der Waals surface area contributed by atoms with Gasteiger partial charge in [-0.05, 0) is 17.7 Å². The minimum atomic E-state index is -2.35. The Kier molecular flexibility index (Phi) is 7.26. The van der Waals surface area contributed by atoms with Crippen LogP contribution in [-0.4, -0.2) is 76.3 Å². The van der Waals surface area contributed by atoms with Crippen LogP contribution in [0, 0.1) is 0 Å². The van der Waals surface area contributed by atoms with E-state index < -0.39 is 6.43 Å². The number of hydrogen-bond donors (Lipinski definition) is 1. The highest BCUT2D eigenvalue weighted by molar-refractivity contribution is 5.74. The number of nitrogens with zero attached hydrogens (tertiary/aromatic N) is 2. The van der Waals surface area contributed by atoms with Crippen LogP contribution in [0.25, 0.3) is 0 Å². The van der Waals surface area contributed by atoms with Crippen molar-refractivity contribution in [2.24, 2.45) is 0 Å². The Bertz CT molecular complexity index is 583. The van der Waals surface area contributed by atoms with E-state index in [0.717, 1.165) is 5.56 Å². The second-order valence-corrected chi connectivity index (χ2v) is 5.87. The van der Waals surface area contributed by atoms with Crippen LogP contribution in [0.4, 0.5) is 13.6 Å². The Labute approximate surface area is 151 Å². The van der Waals surface area contributed by atoms with Crippen LogP contribution in [0.1, 0.15) is 5.56 Å². The largest absolute Gasteiger partial charge is 0.493 e. The van der Waals surface area contributed by atoms with Crippen LogP contribution < -0.4 is 19.5 Å². The summed E-state index contributed by atoms with van der Waals surface area (Å²) in [5, 5.41) is 2.83. The molecule has 0 unspecified atom stereocenters. The van der Waals surface area contributed by atoms with Crippen molar-refractivity contribution in [3.05, 3.63) is 17.7 Å². The second-order valence-electron chi connectivity index (χ2n) is 5.87. The quantitative estimate of drug-likeness (QED) is 0.790. The number of amides is 2. The van der Waals surface area contributed by atoms with Crippen molar-refractivity contribution in [1.29, 1.82) is 0 Å². The van der Waals surface area contributed by atoms with E-state index in [0.29, 0.717) is 43.4 Å². The SMILES string of the molecule is COc1cc(CNC(=O)N2CCN(CC(F)F)CC2)cc(OC)c1OC. The van der Waals surface area contributed by atoms with E-state index in [2.05, 4.69) is 5.32 Å². The van der Waals surface area contributed by atoms with Crippen molar-refractivity contribution in [2.45, 2.75) is 13.0 Å². The summed E-state index contributed by atoms with van der Waals surface area (Å²) >= 11 is 0. The number of alkyl halides is 2. The van der Waals surface area contributed by atoms with E-state index in [4.69, 9.17) is 14.2 Å². The Morgan fingerprint density at radius 3 is 2.12 bits per heavy atom. The maximum Gasteiger partial charge on any atom is 0.317 e. The average Bonchev–Trinajstić information content (AvgIpc) is 2.65. The summed E-state index contributed by atoms with van der Waals surface area (Å²) in [5.41, 5.74) is 0.796. The molecule has 26 heavy (non-hydrogen) atoms. The number of benzene rings is 1. The van der Waals surface area contributed by atoms with Gasteiger partial charge in [0.05, 0.1) is 27.9 Å². The van der Waals surface area contributed by atoms with E-state index in [1.807, 2.05) is 0 Å². The first-order valence-electron chi connectivity index (χ1n) is 8.30. The van der Waals surface area contributed by atoms with Gasteiger partial charge in [0.2, 0.25) is 5.75 Å². The summed E-state index contributed by atoms with van der Waals surface area (Å²) in [6, 6.07) is 3.31. The molecular weight excluding hydrogens is 348 g/mol. The lowest BCUT2D eigenvalue weighted by Gasteiger charge is -2.34. The number of nitrogens with one attached hydrogen (secondary N) is 1. The first-order chi connectivity index (χ1) is 12.5. The first kappa shape index (κ1) is 20.0. The molecule has 2 rings (SSSR count). The maximum atomic E-state index is 12.4. The summed E-state index contributed by atoms with van der Waals surface area (Å²) in [6.07, 6.45) is -2.35. The number of halogens is 2. The number of piperazine rings is 1. The molecule has 0 atom stereocenters. The Morgan fingerprint density at radius 2 is 1.65 bits per heavy atom. The third-order valence-corrected chi connectivity index (χ3v) is 4.22. The van der Waals surface area contributed by atoms with Crippen LogP contribution >= 0.6 is 0 Å². The summed E-state index contributed by atoms with van der Waals surface area (Å²) < 4.78 is 40.6. The van der Waals surface area contributed by atoms with E-state index >= 15 is 0 Å². The van der Waals surface area contributed by atoms with Crippen LogP contribution in [0.3, 0.4) is 0 Å². The molecule has 0 radical (unpaired) electrons. The van der Waals surface area contributed by atoms with Crippen LogP contribution in [-0.2, 0) is 6.54 Å². The smallest absolute Gasteiger partial charge is 0.317 e. The molecule has 0 spiro atoms. The molecule has 0 saturated carbocycles. The van der Waals surface area contributed by atoms with E-state index in [-0.39, 0.29) is 19.1 Å². The summed E-state index contributed by atoms with van der Waals surface area (Å²) in [4.78, 5) is 15.6. The second kappa shape index (κ2) is 9.42. The van der Waals surface area contributed by atoms with Gasteiger partial charge in [-0.25, -0.2) is 13.6 Å². The maximum absolute atomic E-state index is 12.4. The number of urea groups is 1. The molecule has 1 fully saturated rings. The lowest BCUT2D eigenvalue weighted by atomic mass is 10.2. The zero-order valence-corrected chi connectivity index (χ0v) is 15.3. The van der Waals surface area contributed by atoms with Crippen LogP contribution in [0.15, 0.2) is 12.1 Å². The van der Waals surface area contributed by atoms with E-state index in [1.165, 1.54) is 21.3 Å². The predicted octanol–water partition coefficient (Wildman–Crippen LogP) is 1.80. The van der Waals surface area contributed by atoms with Crippen LogP contribution in [0.2, 0.25) is 0 Å². The Morgan fingerprint density at radius 1 is 1.08 bits per heavy atom. The van der Waals surface area contributed by atoms with Gasteiger partial charge in [-0.1, -0.05) is 0 Å². The fraction of sp³-hybridized carbons (Fsp3) is 0.588. The third-order valence-electron chi connectivity index (χ3n) is 4.22. The number of methoxy groups -OCH3 is 3. The van der Waals surface area contributed by atoms with Gasteiger partial charge < -0.3 is 24.4 Å². The normalized spacial score (nSPS) is 15.1. The van der Waals surface area contributed by atoms with Gasteiger partial charge in [-0.15, -0.1) is 0 Å². The molecule has 2 amide bonds. The number of rotatable bonds is 7. The molecule has 1 aliphatic rings. The highest BCUT2D eigenvalue weighted by Gasteiger charge is 2.23. The van der Waals surface area contributed by atoms with Gasteiger partial charge in [-0.2, -0.15) is 0 Å². The fourth-order valence-electron chi connectivity index (χ4n) is 2.86. The summed E-state index contributed by atoms with van der Waals surface area (Å²) in [5.74, 6) is 1.51. The van der Waals surface area contributed by atoms with Gasteiger partial charge in [0.15, 0.2) is 11.5 Å². The van der Waals surface area contributed by atoms with E-state index in [9.17, 15) is 13.6 Å². The Balaban J connectivity index is 1.91. The molecule has 146 valence electrons. The van der Waals surface area contributed by atoms with Gasteiger partial charge >= 0.3 is 6.03 Å². The molecule has 1 saturated heterocycles. The lowest BCUT2D eigenvalue weighted by molar-refractivity contribution is 0.0636. The molecule has 1 N–H and O–H groups in total. The van der Waals surface area contributed by atoms with Crippen molar-refractivity contribution >= 4 is 6.03 Å². The monoisotopic (exact) mass is 373 g/mol. The molecular formula is C17H25F2N3O4. The summed E-state index contributed by atoms with van der Waals surface area (Å²) in [6.45, 7) is 1.78. The molecule has 0 bridgehead atoms. The fourth-order valence-corrected chi connectivity index (χ4v) is 2.86. The molecule has 1 aliphatic heterocycles. The highest BCUT2D eigenvalue weighted by atomic mass is 19.3. The third kappa shape index (κ3) is 5.10. The average molecular weight is 373 g/mol. The number of ether oxygens (including phenoxy) is 3. The molecule has 1 aromatic carbocycles. The molecule has 0 aromatic heterocycles. The van der Waals surface area contributed by atoms with Crippen LogP contribution in [0.5, 0.6) is 17.2 Å². The Hall–Kier alpha value is -2.29. The number of carbonyl (C=O) groups is 1. The first-order valence-corrected chi connectivity index (χ1v) is 8.30. The molecule has 1 heterocycles. The van der Waals surface area contributed by atoms with Crippen molar-refractivity contribution in [3.63, 3.8) is 0 Å². The topological polar surface area (TPSA) is 63.3 Å². The van der Waals surface area contributed by atoms with Crippen molar-refractivity contribution in [2.75, 3.05) is 54.1 Å². The van der Waals surface area contributed by atoms with Gasteiger partial charge in [0.25, 0.3) is 6.43 Å². The van der Waals surface area contributed by atoms with Crippen molar-refractivity contribution < 1.29 is 27.8 Å². The van der Waals surface area contributed by atoms with Gasteiger partial charge in [0.1, 0.15) is 0 Å². The molecule has 0 aliphatic carbocycles. The van der Waals surface area contributed by atoms with Crippen molar-refractivity contribution in [1.82, 2.24) is 15.1 Å². The standard InChI is InChI=1S/C17H25F2N3O4/c1-24-13-8-12(9-14(25-2)16(13)26-3)10-20-17(23)22-6-4-21(5-7-22)11-15(18)19/h8-9,15H,4-7,10-11H2,1-3H3,(H,20,23). The summed E-state index contributed by atoms with van der Waals surface area (Å²) in [7, 11) is 4.58. The van der Waals surface area contributed by atoms with Crippen molar-refractivity contribution in [3.8, 4) is 17.2 Å². The minimum absolute atomic E-state index is 0.226. The lowest BCUT2D eigenvalue weighted by Crippen LogP contribution is -2.52. The van der Waals surface area contributed by atoms with Gasteiger partial charge in [0, 0.05) is 32.7 Å². The highest BCUT2D eigenvalue weighted by Crippen LogP contribution is 2.38. The number of carbonyl (C=O) groups excluding carboxylic acids is 1. The molecule has 1 aromatic rings.